The van der Waals surface area contributed by atoms with Crippen LogP contribution < -0.4 is 4.90 Å². The summed E-state index contributed by atoms with van der Waals surface area (Å²) < 4.78 is 0. The van der Waals surface area contributed by atoms with Gasteiger partial charge in [0.25, 0.3) is 0 Å². The number of anilines is 1. The molecule has 1 aliphatic rings. The molecule has 1 heterocycles. The smallest absolute Gasteiger partial charge is 0.163 e. The fourth-order valence-electron chi connectivity index (χ4n) is 2.47. The van der Waals surface area contributed by atoms with Gasteiger partial charge in [-0.2, -0.15) is 0 Å². The predicted octanol–water partition coefficient (Wildman–Crippen LogP) is 4.03. The molecule has 0 radical (unpaired) electrons. The van der Waals surface area contributed by atoms with Crippen LogP contribution in [0.1, 0.15) is 19.3 Å². The molecule has 0 aliphatic heterocycles. The molecule has 0 spiro atoms. The van der Waals surface area contributed by atoms with Gasteiger partial charge in [0.15, 0.2) is 5.82 Å². The molecular formula is C16H18ClN3. The Morgan fingerprint density at radius 2 is 1.95 bits per heavy atom. The summed E-state index contributed by atoms with van der Waals surface area (Å²) in [5.41, 5.74) is 0.994. The van der Waals surface area contributed by atoms with Gasteiger partial charge in [-0.05, 0) is 18.8 Å². The van der Waals surface area contributed by atoms with Crippen LogP contribution in [0.3, 0.4) is 0 Å². The van der Waals surface area contributed by atoms with Crippen molar-refractivity contribution in [3.8, 4) is 11.4 Å². The molecule has 1 aliphatic carbocycles. The molecule has 1 saturated carbocycles. The first-order valence-corrected chi connectivity index (χ1v) is 7.41. The summed E-state index contributed by atoms with van der Waals surface area (Å²) >= 11 is 6.15. The van der Waals surface area contributed by atoms with E-state index in [0.717, 1.165) is 23.8 Å². The Bertz CT molecular complexity index is 582. The van der Waals surface area contributed by atoms with Gasteiger partial charge < -0.3 is 4.90 Å². The number of benzene rings is 1. The highest BCUT2D eigenvalue weighted by molar-refractivity contribution is 6.29. The lowest BCUT2D eigenvalue weighted by molar-refractivity contribution is 0.321. The van der Waals surface area contributed by atoms with E-state index in [0.29, 0.717) is 11.0 Å². The van der Waals surface area contributed by atoms with E-state index in [4.69, 9.17) is 11.6 Å². The maximum Gasteiger partial charge on any atom is 0.163 e. The van der Waals surface area contributed by atoms with Gasteiger partial charge in [-0.15, -0.1) is 0 Å². The third-order valence-corrected chi connectivity index (χ3v) is 4.05. The van der Waals surface area contributed by atoms with E-state index in [1.54, 1.807) is 0 Å². The zero-order valence-electron chi connectivity index (χ0n) is 11.6. The molecular weight excluding hydrogens is 270 g/mol. The molecule has 0 unspecified atom stereocenters. The number of rotatable bonds is 4. The van der Waals surface area contributed by atoms with Crippen molar-refractivity contribution >= 4 is 17.4 Å². The third-order valence-electron chi connectivity index (χ3n) is 3.86. The monoisotopic (exact) mass is 287 g/mol. The molecule has 3 rings (SSSR count). The predicted molar refractivity (Wildman–Crippen MR) is 83.1 cm³/mol. The number of aromatic nitrogens is 2. The Morgan fingerprint density at radius 3 is 2.60 bits per heavy atom. The molecule has 2 aromatic rings. The summed E-state index contributed by atoms with van der Waals surface area (Å²) in [5, 5.41) is 0.495. The van der Waals surface area contributed by atoms with Crippen LogP contribution in [0.2, 0.25) is 5.15 Å². The fourth-order valence-corrected chi connectivity index (χ4v) is 2.65. The molecule has 0 atom stereocenters. The van der Waals surface area contributed by atoms with Gasteiger partial charge in [0.05, 0.1) is 0 Å². The molecule has 0 amide bonds. The topological polar surface area (TPSA) is 29.0 Å². The van der Waals surface area contributed by atoms with Crippen molar-refractivity contribution in [3.05, 3.63) is 41.6 Å². The highest BCUT2D eigenvalue weighted by Gasteiger charge is 2.20. The second-order valence-electron chi connectivity index (χ2n) is 5.42. The van der Waals surface area contributed by atoms with Gasteiger partial charge in [0.2, 0.25) is 0 Å². The quantitative estimate of drug-likeness (QED) is 0.795. The molecule has 4 heteroatoms. The van der Waals surface area contributed by atoms with Crippen LogP contribution in [0.25, 0.3) is 11.4 Å². The highest BCUT2D eigenvalue weighted by atomic mass is 35.5. The molecule has 1 fully saturated rings. The summed E-state index contributed by atoms with van der Waals surface area (Å²) in [6.07, 6.45) is 4.02. The second-order valence-corrected chi connectivity index (χ2v) is 5.80. The third kappa shape index (κ3) is 2.93. The van der Waals surface area contributed by atoms with E-state index in [-0.39, 0.29) is 0 Å². The lowest BCUT2D eigenvalue weighted by Gasteiger charge is -2.30. The summed E-state index contributed by atoms with van der Waals surface area (Å²) in [4.78, 5) is 11.2. The first-order valence-electron chi connectivity index (χ1n) is 7.03. The minimum Gasteiger partial charge on any atom is -0.359 e. The van der Waals surface area contributed by atoms with Crippen LogP contribution >= 0.6 is 11.6 Å². The number of nitrogens with zero attached hydrogens (tertiary/aromatic N) is 3. The molecule has 20 heavy (non-hydrogen) atoms. The molecule has 0 N–H and O–H groups in total. The van der Waals surface area contributed by atoms with Crippen LogP contribution in [0, 0.1) is 5.92 Å². The first kappa shape index (κ1) is 13.4. The Balaban J connectivity index is 1.86. The van der Waals surface area contributed by atoms with E-state index < -0.39 is 0 Å². The average Bonchev–Trinajstić information content (AvgIpc) is 2.43. The molecule has 0 saturated heterocycles. The van der Waals surface area contributed by atoms with Crippen molar-refractivity contribution in [1.29, 1.82) is 0 Å². The van der Waals surface area contributed by atoms with Gasteiger partial charge in [0.1, 0.15) is 11.0 Å². The van der Waals surface area contributed by atoms with Gasteiger partial charge >= 0.3 is 0 Å². The maximum atomic E-state index is 6.15. The summed E-state index contributed by atoms with van der Waals surface area (Å²) in [5.74, 6) is 2.39. The molecule has 0 bridgehead atoms. The fraction of sp³-hybridized carbons (Fsp3) is 0.375. The lowest BCUT2D eigenvalue weighted by atomic mass is 9.85. The van der Waals surface area contributed by atoms with Crippen molar-refractivity contribution in [2.75, 3.05) is 18.5 Å². The van der Waals surface area contributed by atoms with Crippen LogP contribution in [-0.4, -0.2) is 23.6 Å². The van der Waals surface area contributed by atoms with Crippen molar-refractivity contribution in [1.82, 2.24) is 9.97 Å². The van der Waals surface area contributed by atoms with Crippen molar-refractivity contribution < 1.29 is 0 Å². The Hall–Kier alpha value is -1.61. The van der Waals surface area contributed by atoms with Crippen LogP contribution in [0.5, 0.6) is 0 Å². The molecule has 3 nitrogen and oxygen atoms in total. The van der Waals surface area contributed by atoms with Crippen molar-refractivity contribution in [3.63, 3.8) is 0 Å². The van der Waals surface area contributed by atoms with Crippen LogP contribution in [-0.2, 0) is 0 Å². The lowest BCUT2D eigenvalue weighted by Crippen LogP contribution is -2.30. The zero-order valence-corrected chi connectivity index (χ0v) is 12.3. The molecule has 1 aromatic carbocycles. The van der Waals surface area contributed by atoms with E-state index in [1.165, 1.54) is 19.3 Å². The molecule has 1 aromatic heterocycles. The number of hydrogen-bond acceptors (Lipinski definition) is 3. The SMILES string of the molecule is CN(CC1CCC1)c1cc(Cl)nc(-c2ccccc2)n1. The average molecular weight is 288 g/mol. The number of hydrogen-bond donors (Lipinski definition) is 0. The number of halogens is 1. The molecule has 104 valence electrons. The minimum absolute atomic E-state index is 0.495. The minimum atomic E-state index is 0.495. The van der Waals surface area contributed by atoms with Gasteiger partial charge in [0, 0.05) is 25.2 Å². The summed E-state index contributed by atoms with van der Waals surface area (Å²) in [6, 6.07) is 11.8. The highest BCUT2D eigenvalue weighted by Crippen LogP contribution is 2.29. The van der Waals surface area contributed by atoms with Gasteiger partial charge in [-0.25, -0.2) is 9.97 Å². The van der Waals surface area contributed by atoms with E-state index in [1.807, 2.05) is 36.4 Å². The van der Waals surface area contributed by atoms with Crippen molar-refractivity contribution in [2.45, 2.75) is 19.3 Å². The Morgan fingerprint density at radius 1 is 1.20 bits per heavy atom. The first-order chi connectivity index (χ1) is 9.72. The van der Waals surface area contributed by atoms with Crippen LogP contribution in [0.4, 0.5) is 5.82 Å². The maximum absolute atomic E-state index is 6.15. The second kappa shape index (κ2) is 5.80. The van der Waals surface area contributed by atoms with E-state index in [2.05, 4.69) is 21.9 Å². The summed E-state index contributed by atoms with van der Waals surface area (Å²) in [6.45, 7) is 1.04. The van der Waals surface area contributed by atoms with Crippen molar-refractivity contribution in [2.24, 2.45) is 5.92 Å². The summed E-state index contributed by atoms with van der Waals surface area (Å²) in [7, 11) is 2.08. The van der Waals surface area contributed by atoms with E-state index in [9.17, 15) is 0 Å². The van der Waals surface area contributed by atoms with Gasteiger partial charge in [-0.3, -0.25) is 0 Å². The largest absolute Gasteiger partial charge is 0.359 e. The normalized spacial score (nSPS) is 14.9. The van der Waals surface area contributed by atoms with E-state index >= 15 is 0 Å². The Labute approximate surface area is 124 Å². The van der Waals surface area contributed by atoms with Gasteiger partial charge in [-0.1, -0.05) is 48.4 Å². The standard InChI is InChI=1S/C16H18ClN3/c1-20(11-12-6-5-7-12)15-10-14(17)18-16(19-15)13-8-3-2-4-9-13/h2-4,8-10,12H,5-7,11H2,1H3. The zero-order chi connectivity index (χ0) is 13.9. The van der Waals surface area contributed by atoms with Crippen LogP contribution in [0.15, 0.2) is 36.4 Å². The Kier molecular flexibility index (Phi) is 3.88.